The number of H-pyrrole nitrogens is 1. The molecule has 0 aliphatic carbocycles. The monoisotopic (exact) mass is 511 g/mol. The summed E-state index contributed by atoms with van der Waals surface area (Å²) < 4.78 is 23.0. The van der Waals surface area contributed by atoms with Gasteiger partial charge in [0.05, 0.1) is 16.9 Å². The Labute approximate surface area is 212 Å². The van der Waals surface area contributed by atoms with Crippen molar-refractivity contribution in [1.82, 2.24) is 9.88 Å². The van der Waals surface area contributed by atoms with Gasteiger partial charge in [-0.1, -0.05) is 13.0 Å². The predicted octanol–water partition coefficient (Wildman–Crippen LogP) is 3.13. The fraction of sp³-hybridized carbons (Fsp3) is 0.500. The number of hydrogen-bond acceptors (Lipinski definition) is 6. The van der Waals surface area contributed by atoms with E-state index in [9.17, 15) is 18.0 Å². The van der Waals surface area contributed by atoms with Gasteiger partial charge >= 0.3 is 0 Å². The number of sulfone groups is 1. The minimum atomic E-state index is -3.34. The van der Waals surface area contributed by atoms with Crippen LogP contribution in [0.5, 0.6) is 0 Å². The third-order valence-electron chi connectivity index (χ3n) is 7.16. The standard InChI is InChI=1S/C26H33N5O4S/c1-18-5-9-30(10-6-18)24-14-21(20-7-11-31(12-8-20)25(32)17-36(2,34)35)3-4-22(24)29-26(33)23-13-19(15-27)16-28-23/h3-4,13-14,16,18,20,28H,5-12,17H2,1-2H3,(H,29,33). The first-order valence-corrected chi connectivity index (χ1v) is 14.4. The summed E-state index contributed by atoms with van der Waals surface area (Å²) in [5.41, 5.74) is 3.60. The SMILES string of the molecule is CC1CCN(c2cc(C3CCN(C(=O)CS(C)(=O)=O)CC3)ccc2NC(=O)c2cc(C#N)c[nH]2)CC1. The van der Waals surface area contributed by atoms with Crippen molar-refractivity contribution in [1.29, 1.82) is 5.26 Å². The summed E-state index contributed by atoms with van der Waals surface area (Å²) in [7, 11) is -3.34. The highest BCUT2D eigenvalue weighted by molar-refractivity contribution is 7.91. The van der Waals surface area contributed by atoms with E-state index >= 15 is 0 Å². The minimum Gasteiger partial charge on any atom is -0.370 e. The number of rotatable bonds is 6. The Bertz CT molecular complexity index is 1260. The van der Waals surface area contributed by atoms with E-state index in [2.05, 4.69) is 28.2 Å². The average molecular weight is 512 g/mol. The van der Waals surface area contributed by atoms with Crippen LogP contribution in [0.25, 0.3) is 0 Å². The lowest BCUT2D eigenvalue weighted by molar-refractivity contribution is -0.129. The van der Waals surface area contributed by atoms with Gasteiger partial charge in [0.2, 0.25) is 5.91 Å². The normalized spacial score (nSPS) is 17.6. The van der Waals surface area contributed by atoms with Crippen molar-refractivity contribution < 1.29 is 18.0 Å². The van der Waals surface area contributed by atoms with E-state index in [0.717, 1.165) is 62.0 Å². The number of anilines is 2. The third kappa shape index (κ3) is 6.26. The molecule has 0 atom stereocenters. The van der Waals surface area contributed by atoms with Crippen LogP contribution in [0.4, 0.5) is 11.4 Å². The molecule has 0 bridgehead atoms. The van der Waals surface area contributed by atoms with Crippen molar-refractivity contribution in [3.63, 3.8) is 0 Å². The molecule has 2 aliphatic heterocycles. The molecule has 0 saturated carbocycles. The Morgan fingerprint density at radius 1 is 1.11 bits per heavy atom. The number of carbonyl (C=O) groups excluding carboxylic acids is 2. The number of likely N-dealkylation sites (tertiary alicyclic amines) is 1. The maximum absolute atomic E-state index is 12.9. The highest BCUT2D eigenvalue weighted by Crippen LogP contribution is 2.36. The molecule has 2 aromatic rings. The number of piperidine rings is 2. The molecule has 0 radical (unpaired) electrons. The van der Waals surface area contributed by atoms with Crippen LogP contribution in [0.3, 0.4) is 0 Å². The summed E-state index contributed by atoms with van der Waals surface area (Å²) in [6.07, 6.45) is 6.28. The second-order valence-electron chi connectivity index (χ2n) is 10.0. The van der Waals surface area contributed by atoms with Crippen LogP contribution in [-0.4, -0.2) is 68.3 Å². The molecule has 4 rings (SSSR count). The van der Waals surface area contributed by atoms with Gasteiger partial charge in [-0.15, -0.1) is 0 Å². The largest absolute Gasteiger partial charge is 0.370 e. The second-order valence-corrected chi connectivity index (χ2v) is 12.2. The van der Waals surface area contributed by atoms with Crippen molar-refractivity contribution in [2.45, 2.75) is 38.5 Å². The summed E-state index contributed by atoms with van der Waals surface area (Å²) in [5, 5.41) is 12.1. The number of benzene rings is 1. The average Bonchev–Trinajstić information content (AvgIpc) is 3.34. The van der Waals surface area contributed by atoms with Gasteiger partial charge in [-0.2, -0.15) is 5.26 Å². The van der Waals surface area contributed by atoms with Crippen molar-refractivity contribution in [2.24, 2.45) is 5.92 Å². The molecular formula is C26H33N5O4S. The molecule has 2 amide bonds. The molecule has 1 aromatic carbocycles. The van der Waals surface area contributed by atoms with E-state index < -0.39 is 15.6 Å². The molecular weight excluding hydrogens is 478 g/mol. The summed E-state index contributed by atoms with van der Waals surface area (Å²) in [6, 6.07) is 9.68. The van der Waals surface area contributed by atoms with Crippen LogP contribution in [0.15, 0.2) is 30.5 Å². The van der Waals surface area contributed by atoms with Crippen LogP contribution in [0.1, 0.15) is 60.1 Å². The van der Waals surface area contributed by atoms with Crippen LogP contribution < -0.4 is 10.2 Å². The second kappa shape index (κ2) is 10.7. The van der Waals surface area contributed by atoms with Crippen LogP contribution in [0, 0.1) is 17.2 Å². The summed E-state index contributed by atoms with van der Waals surface area (Å²) in [4.78, 5) is 32.0. The highest BCUT2D eigenvalue weighted by atomic mass is 32.2. The van der Waals surface area contributed by atoms with E-state index in [-0.39, 0.29) is 17.7 Å². The molecule has 2 fully saturated rings. The molecule has 3 heterocycles. The van der Waals surface area contributed by atoms with Crippen LogP contribution in [-0.2, 0) is 14.6 Å². The summed E-state index contributed by atoms with van der Waals surface area (Å²) >= 11 is 0. The molecule has 10 heteroatoms. The zero-order chi connectivity index (χ0) is 25.9. The maximum atomic E-state index is 12.9. The van der Waals surface area contributed by atoms with Gasteiger partial charge in [0, 0.05) is 38.6 Å². The minimum absolute atomic E-state index is 0.251. The quantitative estimate of drug-likeness (QED) is 0.614. The number of nitrogens with zero attached hydrogens (tertiary/aromatic N) is 3. The van der Waals surface area contributed by atoms with E-state index in [1.54, 1.807) is 4.90 Å². The lowest BCUT2D eigenvalue weighted by Gasteiger charge is -2.35. The molecule has 9 nitrogen and oxygen atoms in total. The van der Waals surface area contributed by atoms with E-state index in [1.807, 2.05) is 18.2 Å². The Hall–Kier alpha value is -3.32. The molecule has 0 spiro atoms. The van der Waals surface area contributed by atoms with Gasteiger partial charge in [0.1, 0.15) is 17.5 Å². The lowest BCUT2D eigenvalue weighted by atomic mass is 9.88. The first-order chi connectivity index (χ1) is 17.1. The smallest absolute Gasteiger partial charge is 0.272 e. The molecule has 192 valence electrons. The third-order valence-corrected chi connectivity index (χ3v) is 7.93. The molecule has 2 aliphatic rings. The van der Waals surface area contributed by atoms with Crippen LogP contribution >= 0.6 is 0 Å². The zero-order valence-electron chi connectivity index (χ0n) is 20.8. The molecule has 36 heavy (non-hydrogen) atoms. The molecule has 2 saturated heterocycles. The number of aromatic nitrogens is 1. The van der Waals surface area contributed by atoms with Crippen LogP contribution in [0.2, 0.25) is 0 Å². The van der Waals surface area contributed by atoms with Gasteiger partial charge in [0.25, 0.3) is 5.91 Å². The Morgan fingerprint density at radius 3 is 2.42 bits per heavy atom. The number of carbonyl (C=O) groups is 2. The van der Waals surface area contributed by atoms with Crippen molar-refractivity contribution in [2.75, 3.05) is 48.4 Å². The van der Waals surface area contributed by atoms with Gasteiger partial charge in [-0.25, -0.2) is 8.42 Å². The number of nitriles is 1. The van der Waals surface area contributed by atoms with Gasteiger partial charge in [-0.05, 0) is 61.3 Å². The van der Waals surface area contributed by atoms with Gasteiger partial charge < -0.3 is 20.1 Å². The van der Waals surface area contributed by atoms with Crippen molar-refractivity contribution in [3.8, 4) is 6.07 Å². The number of hydrogen-bond donors (Lipinski definition) is 2. The number of nitrogens with one attached hydrogen (secondary N) is 2. The zero-order valence-corrected chi connectivity index (χ0v) is 21.6. The highest BCUT2D eigenvalue weighted by Gasteiger charge is 2.27. The molecule has 2 N–H and O–H groups in total. The maximum Gasteiger partial charge on any atom is 0.272 e. The Balaban J connectivity index is 1.52. The first-order valence-electron chi connectivity index (χ1n) is 12.4. The first kappa shape index (κ1) is 25.8. The summed E-state index contributed by atoms with van der Waals surface area (Å²) in [5.74, 6) is -0.157. The Morgan fingerprint density at radius 2 is 1.81 bits per heavy atom. The van der Waals surface area contributed by atoms with Gasteiger partial charge in [0.15, 0.2) is 9.84 Å². The van der Waals surface area contributed by atoms with E-state index in [1.165, 1.54) is 12.3 Å². The topological polar surface area (TPSA) is 126 Å². The predicted molar refractivity (Wildman–Crippen MR) is 139 cm³/mol. The van der Waals surface area contributed by atoms with Crippen molar-refractivity contribution >= 4 is 33.0 Å². The fourth-order valence-corrected chi connectivity index (χ4v) is 5.61. The van der Waals surface area contributed by atoms with Crippen molar-refractivity contribution in [3.05, 3.63) is 47.3 Å². The lowest BCUT2D eigenvalue weighted by Crippen LogP contribution is -2.40. The fourth-order valence-electron chi connectivity index (χ4n) is 4.98. The summed E-state index contributed by atoms with van der Waals surface area (Å²) in [6.45, 7) is 5.14. The molecule has 1 aromatic heterocycles. The van der Waals surface area contributed by atoms with E-state index in [0.29, 0.717) is 30.3 Å². The van der Waals surface area contributed by atoms with E-state index in [4.69, 9.17) is 5.26 Å². The number of amides is 2. The molecule has 0 unspecified atom stereocenters. The Kier molecular flexibility index (Phi) is 7.69. The van der Waals surface area contributed by atoms with Gasteiger partial charge in [-0.3, -0.25) is 9.59 Å². The number of aromatic amines is 1.